The molecule has 1 aromatic heterocycles. The van der Waals surface area contributed by atoms with Gasteiger partial charge in [-0.25, -0.2) is 5.43 Å². The minimum absolute atomic E-state index is 0.437. The zero-order valence-electron chi connectivity index (χ0n) is 10.6. The zero-order chi connectivity index (χ0) is 14.8. The third-order valence-corrected chi connectivity index (χ3v) is 3.02. The first kappa shape index (κ1) is 14.4. The van der Waals surface area contributed by atoms with Crippen LogP contribution in [-0.4, -0.2) is 10.2 Å². The molecule has 1 unspecified atom stereocenters. The number of nitrogens with zero attached hydrogens (tertiary/aromatic N) is 2. The molecule has 106 valence electrons. The van der Waals surface area contributed by atoms with Gasteiger partial charge in [-0.1, -0.05) is 6.07 Å². The number of aromatic nitrogens is 2. The van der Waals surface area contributed by atoms with Gasteiger partial charge in [0, 0.05) is 6.20 Å². The maximum Gasteiger partial charge on any atom is 0.416 e. The van der Waals surface area contributed by atoms with E-state index in [4.69, 9.17) is 5.84 Å². The van der Waals surface area contributed by atoms with Gasteiger partial charge < -0.3 is 0 Å². The quantitative estimate of drug-likeness (QED) is 0.670. The predicted octanol–water partition coefficient (Wildman–Crippen LogP) is 2.36. The van der Waals surface area contributed by atoms with E-state index in [0.717, 1.165) is 17.7 Å². The zero-order valence-corrected chi connectivity index (χ0v) is 10.6. The highest BCUT2D eigenvalue weighted by molar-refractivity contribution is 5.38. The maximum absolute atomic E-state index is 12.6. The summed E-state index contributed by atoms with van der Waals surface area (Å²) in [4.78, 5) is 0. The van der Waals surface area contributed by atoms with Crippen molar-refractivity contribution in [2.45, 2.75) is 19.1 Å². The Hall–Kier alpha value is -1.99. The number of halogens is 3. The van der Waals surface area contributed by atoms with Crippen molar-refractivity contribution < 1.29 is 13.2 Å². The van der Waals surface area contributed by atoms with Crippen LogP contribution in [0.25, 0.3) is 0 Å². The summed E-state index contributed by atoms with van der Waals surface area (Å²) in [6, 6.07) is 4.83. The number of rotatable bonds is 3. The monoisotopic (exact) mass is 282 g/mol. The van der Waals surface area contributed by atoms with Crippen molar-refractivity contribution in [3.63, 3.8) is 0 Å². The SMILES string of the molecule is Cc1cc(C(F)(F)F)ccc1C(NN)c1ccnnc1. The van der Waals surface area contributed by atoms with Gasteiger partial charge in [-0.15, -0.1) is 0 Å². The molecule has 0 aliphatic rings. The van der Waals surface area contributed by atoms with Crippen molar-refractivity contribution in [2.75, 3.05) is 0 Å². The van der Waals surface area contributed by atoms with Gasteiger partial charge in [0.2, 0.25) is 0 Å². The molecule has 3 N–H and O–H groups in total. The van der Waals surface area contributed by atoms with Crippen LogP contribution in [0.5, 0.6) is 0 Å². The van der Waals surface area contributed by atoms with Gasteiger partial charge in [-0.05, 0) is 41.8 Å². The summed E-state index contributed by atoms with van der Waals surface area (Å²) in [5.41, 5.74) is 3.79. The molecule has 0 spiro atoms. The Kier molecular flexibility index (Phi) is 4.01. The number of benzene rings is 1. The van der Waals surface area contributed by atoms with Gasteiger partial charge >= 0.3 is 6.18 Å². The lowest BCUT2D eigenvalue weighted by molar-refractivity contribution is -0.137. The predicted molar refractivity (Wildman–Crippen MR) is 67.4 cm³/mol. The molecule has 2 aromatic rings. The van der Waals surface area contributed by atoms with Crippen LogP contribution >= 0.6 is 0 Å². The largest absolute Gasteiger partial charge is 0.416 e. The fourth-order valence-electron chi connectivity index (χ4n) is 2.01. The van der Waals surface area contributed by atoms with Crippen molar-refractivity contribution in [3.8, 4) is 0 Å². The summed E-state index contributed by atoms with van der Waals surface area (Å²) in [6.45, 7) is 1.61. The second-order valence-corrected chi connectivity index (χ2v) is 4.34. The smallest absolute Gasteiger partial charge is 0.271 e. The third-order valence-electron chi connectivity index (χ3n) is 3.02. The Morgan fingerprint density at radius 2 is 1.95 bits per heavy atom. The lowest BCUT2D eigenvalue weighted by Gasteiger charge is -2.19. The van der Waals surface area contributed by atoms with E-state index >= 15 is 0 Å². The van der Waals surface area contributed by atoms with Crippen molar-refractivity contribution >= 4 is 0 Å². The van der Waals surface area contributed by atoms with Gasteiger partial charge in [0.25, 0.3) is 0 Å². The topological polar surface area (TPSA) is 63.8 Å². The van der Waals surface area contributed by atoms with Gasteiger partial charge in [0.1, 0.15) is 0 Å². The summed E-state index contributed by atoms with van der Waals surface area (Å²) >= 11 is 0. The van der Waals surface area contributed by atoms with Crippen LogP contribution in [-0.2, 0) is 6.18 Å². The fraction of sp³-hybridized carbons (Fsp3) is 0.231. The molecule has 7 heteroatoms. The molecule has 0 bridgehead atoms. The average molecular weight is 282 g/mol. The Balaban J connectivity index is 2.42. The molecule has 0 aliphatic heterocycles. The number of hydrogen-bond acceptors (Lipinski definition) is 4. The molecule has 0 fully saturated rings. The van der Waals surface area contributed by atoms with E-state index < -0.39 is 17.8 Å². The summed E-state index contributed by atoms with van der Waals surface area (Å²) in [5, 5.41) is 7.40. The van der Waals surface area contributed by atoms with Crippen LogP contribution in [0.3, 0.4) is 0 Å². The summed E-state index contributed by atoms with van der Waals surface area (Å²) < 4.78 is 37.9. The number of alkyl halides is 3. The van der Waals surface area contributed by atoms with Crippen molar-refractivity contribution in [1.82, 2.24) is 15.6 Å². The Morgan fingerprint density at radius 3 is 2.45 bits per heavy atom. The van der Waals surface area contributed by atoms with Crippen LogP contribution in [0.4, 0.5) is 13.2 Å². The first-order chi connectivity index (χ1) is 9.43. The van der Waals surface area contributed by atoms with E-state index in [0.29, 0.717) is 11.1 Å². The molecular formula is C13H13F3N4. The highest BCUT2D eigenvalue weighted by atomic mass is 19.4. The number of aryl methyl sites for hydroxylation is 1. The van der Waals surface area contributed by atoms with E-state index in [-0.39, 0.29) is 0 Å². The Morgan fingerprint density at radius 1 is 1.20 bits per heavy atom. The molecule has 0 amide bonds. The van der Waals surface area contributed by atoms with Crippen LogP contribution in [0.1, 0.15) is 28.3 Å². The van der Waals surface area contributed by atoms with Crippen molar-refractivity contribution in [1.29, 1.82) is 0 Å². The van der Waals surface area contributed by atoms with Gasteiger partial charge in [0.15, 0.2) is 0 Å². The molecule has 0 radical (unpaired) electrons. The highest BCUT2D eigenvalue weighted by Crippen LogP contribution is 2.32. The minimum Gasteiger partial charge on any atom is -0.271 e. The van der Waals surface area contributed by atoms with E-state index in [9.17, 15) is 13.2 Å². The molecule has 1 atom stereocenters. The number of nitrogens with two attached hydrogens (primary N) is 1. The van der Waals surface area contributed by atoms with Crippen LogP contribution in [0.2, 0.25) is 0 Å². The Bertz CT molecular complexity index is 584. The highest BCUT2D eigenvalue weighted by Gasteiger charge is 2.31. The van der Waals surface area contributed by atoms with Gasteiger partial charge in [-0.2, -0.15) is 23.4 Å². The minimum atomic E-state index is -4.35. The molecular weight excluding hydrogens is 269 g/mol. The number of nitrogens with one attached hydrogen (secondary N) is 1. The van der Waals surface area contributed by atoms with E-state index in [1.54, 1.807) is 13.0 Å². The van der Waals surface area contributed by atoms with Crippen LogP contribution in [0.15, 0.2) is 36.7 Å². The lowest BCUT2D eigenvalue weighted by Crippen LogP contribution is -2.29. The van der Waals surface area contributed by atoms with Crippen LogP contribution in [0, 0.1) is 6.92 Å². The molecule has 0 aliphatic carbocycles. The number of hydrazine groups is 1. The van der Waals surface area contributed by atoms with Crippen molar-refractivity contribution in [3.05, 3.63) is 58.9 Å². The molecule has 20 heavy (non-hydrogen) atoms. The third kappa shape index (κ3) is 2.94. The fourth-order valence-corrected chi connectivity index (χ4v) is 2.01. The second-order valence-electron chi connectivity index (χ2n) is 4.34. The maximum atomic E-state index is 12.6. The van der Waals surface area contributed by atoms with Gasteiger partial charge in [0.05, 0.1) is 17.8 Å². The van der Waals surface area contributed by atoms with E-state index in [1.165, 1.54) is 18.5 Å². The van der Waals surface area contributed by atoms with E-state index in [2.05, 4.69) is 15.6 Å². The van der Waals surface area contributed by atoms with Crippen LogP contribution < -0.4 is 11.3 Å². The first-order valence-electron chi connectivity index (χ1n) is 5.84. The summed E-state index contributed by atoms with van der Waals surface area (Å²) in [6.07, 6.45) is -1.34. The van der Waals surface area contributed by atoms with Gasteiger partial charge in [-0.3, -0.25) is 5.84 Å². The molecule has 2 rings (SSSR count). The molecule has 0 saturated carbocycles. The molecule has 4 nitrogen and oxygen atoms in total. The average Bonchev–Trinajstić information content (AvgIpc) is 2.41. The second kappa shape index (κ2) is 5.56. The van der Waals surface area contributed by atoms with Crippen molar-refractivity contribution in [2.24, 2.45) is 5.84 Å². The number of hydrogen-bond donors (Lipinski definition) is 2. The first-order valence-corrected chi connectivity index (χ1v) is 5.84. The van der Waals surface area contributed by atoms with E-state index in [1.807, 2.05) is 0 Å². The lowest BCUT2D eigenvalue weighted by atomic mass is 9.95. The summed E-state index contributed by atoms with van der Waals surface area (Å²) in [5.74, 6) is 5.51. The molecule has 0 saturated heterocycles. The normalized spacial score (nSPS) is 13.2. The summed E-state index contributed by atoms with van der Waals surface area (Å²) in [7, 11) is 0. The Labute approximate surface area is 113 Å². The molecule has 1 heterocycles. The molecule has 1 aromatic carbocycles. The standard InChI is InChI=1S/C13H13F3N4/c1-8-6-10(13(14,15)16)2-3-11(8)12(20-17)9-4-5-18-19-7-9/h2-7,12,20H,17H2,1H3.